The molecule has 1 aromatic carbocycles. The van der Waals surface area contributed by atoms with Gasteiger partial charge >= 0.3 is 0 Å². The van der Waals surface area contributed by atoms with Gasteiger partial charge in [-0.05, 0) is 43.4 Å². The van der Waals surface area contributed by atoms with Gasteiger partial charge < -0.3 is 16.8 Å². The van der Waals surface area contributed by atoms with Crippen LogP contribution in [0.2, 0.25) is 0 Å². The Bertz CT molecular complexity index is 665. The molecule has 0 bridgehead atoms. The maximum absolute atomic E-state index is 12.4. The van der Waals surface area contributed by atoms with Crippen molar-refractivity contribution in [2.24, 2.45) is 17.4 Å². The average molecular weight is 431 g/mol. The van der Waals surface area contributed by atoms with Crippen LogP contribution in [0.15, 0.2) is 24.3 Å². The van der Waals surface area contributed by atoms with Crippen LogP contribution in [-0.4, -0.2) is 35.3 Å². The summed E-state index contributed by atoms with van der Waals surface area (Å²) in [5.74, 6) is -0.284. The van der Waals surface area contributed by atoms with Gasteiger partial charge in [-0.3, -0.25) is 14.5 Å². The van der Waals surface area contributed by atoms with E-state index in [0.717, 1.165) is 63.7 Å². The summed E-state index contributed by atoms with van der Waals surface area (Å²) in [5, 5.41) is 3.00. The van der Waals surface area contributed by atoms with E-state index < -0.39 is 5.54 Å². The maximum Gasteiger partial charge on any atom is 0.240 e. The van der Waals surface area contributed by atoms with Crippen LogP contribution in [0.25, 0.3) is 0 Å². The van der Waals surface area contributed by atoms with Gasteiger partial charge in [0, 0.05) is 19.6 Å². The van der Waals surface area contributed by atoms with Crippen molar-refractivity contribution in [1.29, 1.82) is 0 Å². The number of nitrogens with one attached hydrogen (secondary N) is 1. The topological polar surface area (TPSA) is 101 Å². The third kappa shape index (κ3) is 6.34. The molecule has 8 heteroatoms. The van der Waals surface area contributed by atoms with Gasteiger partial charge in [0.25, 0.3) is 0 Å². The van der Waals surface area contributed by atoms with E-state index in [-0.39, 0.29) is 42.5 Å². The minimum Gasteiger partial charge on any atom is -0.369 e. The highest BCUT2D eigenvalue weighted by Crippen LogP contribution is 2.27. The normalized spacial score (nSPS) is 21.2. The van der Waals surface area contributed by atoms with Crippen LogP contribution in [-0.2, 0) is 22.7 Å². The van der Waals surface area contributed by atoms with Crippen LogP contribution in [0, 0.1) is 5.92 Å². The second-order valence-electron chi connectivity index (χ2n) is 7.84. The highest BCUT2D eigenvalue weighted by atomic mass is 35.5. The third-order valence-corrected chi connectivity index (χ3v) is 5.71. The van der Waals surface area contributed by atoms with E-state index in [9.17, 15) is 9.59 Å². The van der Waals surface area contributed by atoms with E-state index in [1.807, 2.05) is 12.1 Å². The van der Waals surface area contributed by atoms with Crippen LogP contribution >= 0.6 is 24.8 Å². The summed E-state index contributed by atoms with van der Waals surface area (Å²) in [6.45, 7) is 3.01. The number of nitrogens with two attached hydrogens (primary N) is 2. The van der Waals surface area contributed by atoms with Gasteiger partial charge in [-0.15, -0.1) is 24.8 Å². The molecule has 1 aliphatic heterocycles. The standard InChI is InChI=1S/C20H30N4O2.2ClH/c21-18(25)17-7-4-10-24(14-17)13-16-6-3-5-15(11-16)12-23-19(26)20(22)8-1-2-9-20;;/h3,5-6,11,17H,1-2,4,7-10,12-14,22H2,(H2,21,25)(H,23,26);2*1H. The summed E-state index contributed by atoms with van der Waals surface area (Å²) in [6, 6.07) is 8.23. The smallest absolute Gasteiger partial charge is 0.240 e. The molecule has 0 aromatic heterocycles. The van der Waals surface area contributed by atoms with Crippen LogP contribution in [0.1, 0.15) is 49.7 Å². The number of nitrogens with zero attached hydrogens (tertiary/aromatic N) is 1. The first-order valence-electron chi connectivity index (χ1n) is 9.63. The number of halogens is 2. The molecule has 1 saturated heterocycles. The lowest BCUT2D eigenvalue weighted by molar-refractivity contribution is -0.126. The minimum atomic E-state index is -0.685. The lowest BCUT2D eigenvalue weighted by Gasteiger charge is -2.31. The molecule has 1 atom stereocenters. The van der Waals surface area contributed by atoms with Crippen LogP contribution in [0.3, 0.4) is 0 Å². The van der Waals surface area contributed by atoms with Crippen molar-refractivity contribution in [2.45, 2.75) is 57.2 Å². The number of rotatable bonds is 6. The zero-order valence-electron chi connectivity index (χ0n) is 16.2. The van der Waals surface area contributed by atoms with Crippen molar-refractivity contribution in [3.8, 4) is 0 Å². The number of benzene rings is 1. The SMILES string of the molecule is Cl.Cl.NC(=O)C1CCCN(Cc2cccc(CNC(=O)C3(N)CCCC3)c2)C1. The first kappa shape index (κ1) is 24.7. The molecule has 5 N–H and O–H groups in total. The number of primary amides is 1. The van der Waals surface area contributed by atoms with Crippen LogP contribution < -0.4 is 16.8 Å². The molecule has 0 radical (unpaired) electrons. The summed E-state index contributed by atoms with van der Waals surface area (Å²) >= 11 is 0. The molecule has 28 heavy (non-hydrogen) atoms. The fourth-order valence-corrected chi connectivity index (χ4v) is 4.12. The second-order valence-corrected chi connectivity index (χ2v) is 7.84. The lowest BCUT2D eigenvalue weighted by Crippen LogP contribution is -2.51. The zero-order chi connectivity index (χ0) is 18.6. The van der Waals surface area contributed by atoms with E-state index in [1.54, 1.807) is 0 Å². The van der Waals surface area contributed by atoms with E-state index in [0.29, 0.717) is 6.54 Å². The molecule has 6 nitrogen and oxygen atoms in total. The summed E-state index contributed by atoms with van der Waals surface area (Å²) in [6.07, 6.45) is 5.49. The van der Waals surface area contributed by atoms with Gasteiger partial charge in [0.05, 0.1) is 11.5 Å². The Balaban J connectivity index is 0.00000196. The van der Waals surface area contributed by atoms with Gasteiger partial charge in [0.1, 0.15) is 0 Å². The molecule has 3 rings (SSSR count). The fraction of sp³-hybridized carbons (Fsp3) is 0.600. The molecule has 1 unspecified atom stereocenters. The van der Waals surface area contributed by atoms with E-state index in [4.69, 9.17) is 11.5 Å². The van der Waals surface area contributed by atoms with Gasteiger partial charge in [0.2, 0.25) is 11.8 Å². The Hall–Kier alpha value is -1.34. The van der Waals surface area contributed by atoms with Crippen molar-refractivity contribution >= 4 is 36.6 Å². The highest BCUT2D eigenvalue weighted by molar-refractivity contribution is 5.86. The summed E-state index contributed by atoms with van der Waals surface area (Å²) in [7, 11) is 0. The fourth-order valence-electron chi connectivity index (χ4n) is 4.12. The van der Waals surface area contributed by atoms with Crippen molar-refractivity contribution in [2.75, 3.05) is 13.1 Å². The summed E-state index contributed by atoms with van der Waals surface area (Å²) in [5.41, 5.74) is 13.2. The van der Waals surface area contributed by atoms with Crippen LogP contribution in [0.5, 0.6) is 0 Å². The molecule has 1 aromatic rings. The molecule has 1 saturated carbocycles. The second kappa shape index (κ2) is 11.0. The zero-order valence-corrected chi connectivity index (χ0v) is 17.8. The first-order chi connectivity index (χ1) is 12.5. The average Bonchev–Trinajstić information content (AvgIpc) is 3.08. The van der Waals surface area contributed by atoms with Crippen LogP contribution in [0.4, 0.5) is 0 Å². The number of hydrogen-bond donors (Lipinski definition) is 3. The Morgan fingerprint density at radius 3 is 2.50 bits per heavy atom. The summed E-state index contributed by atoms with van der Waals surface area (Å²) in [4.78, 5) is 26.1. The van der Waals surface area contributed by atoms with Crippen molar-refractivity contribution in [3.05, 3.63) is 35.4 Å². The highest BCUT2D eigenvalue weighted by Gasteiger charge is 2.36. The third-order valence-electron chi connectivity index (χ3n) is 5.71. The Labute approximate surface area is 179 Å². The molecule has 2 aliphatic rings. The van der Waals surface area contributed by atoms with Crippen molar-refractivity contribution in [1.82, 2.24) is 10.2 Å². The molecule has 1 heterocycles. The predicted molar refractivity (Wildman–Crippen MR) is 115 cm³/mol. The molecular weight excluding hydrogens is 399 g/mol. The van der Waals surface area contributed by atoms with Gasteiger partial charge in [-0.1, -0.05) is 37.1 Å². The number of amides is 2. The van der Waals surface area contributed by atoms with E-state index in [1.165, 1.54) is 5.56 Å². The molecule has 2 amide bonds. The molecule has 1 aliphatic carbocycles. The first-order valence-corrected chi connectivity index (χ1v) is 9.63. The minimum absolute atomic E-state index is 0. The van der Waals surface area contributed by atoms with E-state index >= 15 is 0 Å². The van der Waals surface area contributed by atoms with E-state index in [2.05, 4.69) is 22.3 Å². The largest absolute Gasteiger partial charge is 0.369 e. The van der Waals surface area contributed by atoms with Crippen molar-refractivity contribution < 1.29 is 9.59 Å². The number of hydrogen-bond acceptors (Lipinski definition) is 4. The number of carbonyl (C=O) groups is 2. The molecule has 0 spiro atoms. The quantitative estimate of drug-likeness (QED) is 0.642. The number of piperidine rings is 1. The molecular formula is C20H32Cl2N4O2. The lowest BCUT2D eigenvalue weighted by atomic mass is 9.97. The molecule has 158 valence electrons. The molecule has 2 fully saturated rings. The Morgan fingerprint density at radius 1 is 1.14 bits per heavy atom. The monoisotopic (exact) mass is 430 g/mol. The Kier molecular flexibility index (Phi) is 9.70. The Morgan fingerprint density at radius 2 is 1.82 bits per heavy atom. The van der Waals surface area contributed by atoms with Gasteiger partial charge in [-0.25, -0.2) is 0 Å². The maximum atomic E-state index is 12.4. The number of likely N-dealkylation sites (tertiary alicyclic amines) is 1. The van der Waals surface area contributed by atoms with Gasteiger partial charge in [-0.2, -0.15) is 0 Å². The van der Waals surface area contributed by atoms with Gasteiger partial charge in [0.15, 0.2) is 0 Å². The number of carbonyl (C=O) groups excluding carboxylic acids is 2. The predicted octanol–water partition coefficient (Wildman–Crippen LogP) is 2.12. The van der Waals surface area contributed by atoms with Crippen molar-refractivity contribution in [3.63, 3.8) is 0 Å². The summed E-state index contributed by atoms with van der Waals surface area (Å²) < 4.78 is 0.